The summed E-state index contributed by atoms with van der Waals surface area (Å²) in [4.78, 5) is 12.6. The van der Waals surface area contributed by atoms with Crippen molar-refractivity contribution < 1.29 is 14.6 Å². The molecule has 0 saturated carbocycles. The lowest BCUT2D eigenvalue weighted by atomic mass is 9.96. The molecule has 0 saturated heterocycles. The van der Waals surface area contributed by atoms with Crippen LogP contribution in [0.3, 0.4) is 0 Å². The molecular formula is C22H21NO3. The van der Waals surface area contributed by atoms with Crippen molar-refractivity contribution in [3.63, 3.8) is 0 Å². The van der Waals surface area contributed by atoms with E-state index in [1.165, 1.54) is 0 Å². The van der Waals surface area contributed by atoms with E-state index in [0.29, 0.717) is 17.1 Å². The van der Waals surface area contributed by atoms with Gasteiger partial charge in [-0.05, 0) is 36.8 Å². The van der Waals surface area contributed by atoms with Crippen molar-refractivity contribution in [2.75, 3.05) is 6.54 Å². The van der Waals surface area contributed by atoms with Gasteiger partial charge in [-0.25, -0.2) is 0 Å². The molecule has 0 aliphatic rings. The second-order valence-corrected chi connectivity index (χ2v) is 6.23. The Hall–Kier alpha value is -3.11. The van der Waals surface area contributed by atoms with Gasteiger partial charge in [-0.1, -0.05) is 60.7 Å². The summed E-state index contributed by atoms with van der Waals surface area (Å²) in [5, 5.41) is 13.4. The van der Waals surface area contributed by atoms with Crippen LogP contribution in [0.4, 0.5) is 0 Å². The molecule has 0 aliphatic heterocycles. The summed E-state index contributed by atoms with van der Waals surface area (Å²) in [5.74, 6) is 0.826. The van der Waals surface area contributed by atoms with Gasteiger partial charge in [0.2, 0.25) is 0 Å². The average molecular weight is 347 g/mol. The molecule has 132 valence electrons. The number of nitrogens with one attached hydrogen (secondary N) is 1. The third-order valence-electron chi connectivity index (χ3n) is 4.09. The van der Waals surface area contributed by atoms with Gasteiger partial charge in [0.05, 0.1) is 12.1 Å². The van der Waals surface area contributed by atoms with Crippen molar-refractivity contribution in [3.8, 4) is 11.5 Å². The van der Waals surface area contributed by atoms with Crippen molar-refractivity contribution in [1.29, 1.82) is 0 Å². The van der Waals surface area contributed by atoms with Crippen LogP contribution in [0.15, 0.2) is 84.9 Å². The number of para-hydroxylation sites is 2. The topological polar surface area (TPSA) is 58.6 Å². The van der Waals surface area contributed by atoms with Crippen LogP contribution in [0, 0.1) is 0 Å². The highest BCUT2D eigenvalue weighted by Crippen LogP contribution is 2.25. The van der Waals surface area contributed by atoms with Crippen LogP contribution in [0.5, 0.6) is 11.5 Å². The molecule has 0 heterocycles. The molecule has 1 unspecified atom stereocenters. The molecular weight excluding hydrogens is 326 g/mol. The monoisotopic (exact) mass is 347 g/mol. The maximum absolute atomic E-state index is 12.6. The number of hydrogen-bond donors (Lipinski definition) is 2. The quantitative estimate of drug-likeness (QED) is 0.705. The number of aliphatic hydroxyl groups is 1. The minimum absolute atomic E-state index is 0.0928. The third kappa shape index (κ3) is 4.29. The van der Waals surface area contributed by atoms with E-state index in [-0.39, 0.29) is 12.5 Å². The molecule has 3 aromatic carbocycles. The first-order valence-corrected chi connectivity index (χ1v) is 8.44. The Morgan fingerprint density at radius 2 is 1.50 bits per heavy atom. The Morgan fingerprint density at radius 3 is 2.19 bits per heavy atom. The second kappa shape index (κ2) is 7.85. The molecule has 26 heavy (non-hydrogen) atoms. The van der Waals surface area contributed by atoms with Crippen LogP contribution in [0.2, 0.25) is 0 Å². The SMILES string of the molecule is CC(O)(CNC(=O)c1ccccc1Oc1ccccc1)c1ccccc1. The number of ether oxygens (including phenoxy) is 1. The van der Waals surface area contributed by atoms with Gasteiger partial charge in [-0.15, -0.1) is 0 Å². The van der Waals surface area contributed by atoms with E-state index in [2.05, 4.69) is 5.32 Å². The first-order chi connectivity index (χ1) is 12.6. The van der Waals surface area contributed by atoms with Crippen molar-refractivity contribution in [2.45, 2.75) is 12.5 Å². The minimum atomic E-state index is -1.16. The lowest BCUT2D eigenvalue weighted by Gasteiger charge is -2.24. The zero-order chi connectivity index (χ0) is 18.4. The number of benzene rings is 3. The van der Waals surface area contributed by atoms with Gasteiger partial charge in [0.1, 0.15) is 17.1 Å². The molecule has 0 spiro atoms. The Labute approximate surface area is 153 Å². The predicted octanol–water partition coefficient (Wildman–Crippen LogP) is 4.12. The van der Waals surface area contributed by atoms with E-state index in [1.807, 2.05) is 66.7 Å². The fourth-order valence-electron chi connectivity index (χ4n) is 2.61. The highest BCUT2D eigenvalue weighted by molar-refractivity contribution is 5.97. The van der Waals surface area contributed by atoms with E-state index in [0.717, 1.165) is 5.56 Å². The van der Waals surface area contributed by atoms with Crippen LogP contribution in [-0.4, -0.2) is 17.6 Å². The van der Waals surface area contributed by atoms with Gasteiger partial charge >= 0.3 is 0 Å². The summed E-state index contributed by atoms with van der Waals surface area (Å²) in [5.41, 5.74) is 0.000857. The summed E-state index contributed by atoms with van der Waals surface area (Å²) in [6.45, 7) is 1.77. The Bertz CT molecular complexity index is 861. The molecule has 3 rings (SSSR count). The Balaban J connectivity index is 1.72. The fourth-order valence-corrected chi connectivity index (χ4v) is 2.61. The Morgan fingerprint density at radius 1 is 0.923 bits per heavy atom. The molecule has 3 aromatic rings. The zero-order valence-corrected chi connectivity index (χ0v) is 14.6. The summed E-state index contributed by atoms with van der Waals surface area (Å²) < 4.78 is 5.82. The standard InChI is InChI=1S/C22H21NO3/c1-22(25,17-10-4-2-5-11-17)16-23-21(24)19-14-8-9-15-20(19)26-18-12-6-3-7-13-18/h2-15,25H,16H2,1H3,(H,23,24). The largest absolute Gasteiger partial charge is 0.457 e. The number of carbonyl (C=O) groups excluding carboxylic acids is 1. The lowest BCUT2D eigenvalue weighted by molar-refractivity contribution is 0.0526. The van der Waals surface area contributed by atoms with Crippen LogP contribution in [0.1, 0.15) is 22.8 Å². The summed E-state index contributed by atoms with van der Waals surface area (Å²) in [7, 11) is 0. The summed E-state index contributed by atoms with van der Waals surface area (Å²) in [6, 6.07) is 25.6. The molecule has 4 heteroatoms. The number of hydrogen-bond acceptors (Lipinski definition) is 3. The van der Waals surface area contributed by atoms with E-state index < -0.39 is 5.60 Å². The molecule has 1 amide bonds. The van der Waals surface area contributed by atoms with Crippen molar-refractivity contribution >= 4 is 5.91 Å². The molecule has 4 nitrogen and oxygen atoms in total. The summed E-state index contributed by atoms with van der Waals surface area (Å²) >= 11 is 0. The van der Waals surface area contributed by atoms with Crippen molar-refractivity contribution in [1.82, 2.24) is 5.32 Å². The molecule has 0 aliphatic carbocycles. The number of amides is 1. The number of rotatable bonds is 6. The average Bonchev–Trinajstić information content (AvgIpc) is 2.68. The Kier molecular flexibility index (Phi) is 5.34. The highest BCUT2D eigenvalue weighted by atomic mass is 16.5. The van der Waals surface area contributed by atoms with Crippen LogP contribution >= 0.6 is 0 Å². The maximum atomic E-state index is 12.6. The third-order valence-corrected chi connectivity index (χ3v) is 4.09. The van der Waals surface area contributed by atoms with Crippen LogP contribution in [0.25, 0.3) is 0 Å². The van der Waals surface area contributed by atoms with E-state index >= 15 is 0 Å². The highest BCUT2D eigenvalue weighted by Gasteiger charge is 2.24. The van der Waals surface area contributed by atoms with Crippen LogP contribution < -0.4 is 10.1 Å². The molecule has 1 atom stereocenters. The molecule has 2 N–H and O–H groups in total. The maximum Gasteiger partial charge on any atom is 0.255 e. The molecule has 0 radical (unpaired) electrons. The molecule has 0 bridgehead atoms. The van der Waals surface area contributed by atoms with Gasteiger partial charge in [-0.2, -0.15) is 0 Å². The first kappa shape index (κ1) is 17.7. The minimum Gasteiger partial charge on any atom is -0.457 e. The predicted molar refractivity (Wildman–Crippen MR) is 101 cm³/mol. The molecule has 0 fully saturated rings. The zero-order valence-electron chi connectivity index (χ0n) is 14.6. The number of carbonyl (C=O) groups is 1. The van der Waals surface area contributed by atoms with Crippen LogP contribution in [-0.2, 0) is 5.60 Å². The van der Waals surface area contributed by atoms with Gasteiger partial charge in [0.15, 0.2) is 0 Å². The van der Waals surface area contributed by atoms with Gasteiger partial charge < -0.3 is 15.2 Å². The molecule has 0 aromatic heterocycles. The first-order valence-electron chi connectivity index (χ1n) is 8.44. The normalized spacial score (nSPS) is 12.8. The van der Waals surface area contributed by atoms with E-state index in [4.69, 9.17) is 4.74 Å². The smallest absolute Gasteiger partial charge is 0.255 e. The van der Waals surface area contributed by atoms with Crippen molar-refractivity contribution in [2.24, 2.45) is 0 Å². The van der Waals surface area contributed by atoms with Gasteiger partial charge in [-0.3, -0.25) is 4.79 Å². The fraction of sp³-hybridized carbons (Fsp3) is 0.136. The van der Waals surface area contributed by atoms with Gasteiger partial charge in [0, 0.05) is 0 Å². The van der Waals surface area contributed by atoms with Crippen molar-refractivity contribution in [3.05, 3.63) is 96.1 Å². The van der Waals surface area contributed by atoms with Gasteiger partial charge in [0.25, 0.3) is 5.91 Å². The summed E-state index contributed by atoms with van der Waals surface area (Å²) in [6.07, 6.45) is 0. The lowest BCUT2D eigenvalue weighted by Crippen LogP contribution is -2.38. The van der Waals surface area contributed by atoms with E-state index in [1.54, 1.807) is 25.1 Å². The second-order valence-electron chi connectivity index (χ2n) is 6.23. The van der Waals surface area contributed by atoms with E-state index in [9.17, 15) is 9.90 Å².